The first-order chi connectivity index (χ1) is 16.9. The van der Waals surface area contributed by atoms with Crippen LogP contribution >= 0.6 is 0 Å². The molecule has 1 fully saturated rings. The lowest BCUT2D eigenvalue weighted by Crippen LogP contribution is -2.42. The van der Waals surface area contributed by atoms with Crippen molar-refractivity contribution in [1.29, 1.82) is 0 Å². The van der Waals surface area contributed by atoms with Crippen LogP contribution in [0.4, 0.5) is 16.3 Å². The molecule has 0 spiro atoms. The summed E-state index contributed by atoms with van der Waals surface area (Å²) in [6.45, 7) is 4.71. The smallest absolute Gasteiger partial charge is 0.324 e. The number of likely N-dealkylation sites (N-methyl/N-ethyl adjacent to an activating group) is 1. The summed E-state index contributed by atoms with van der Waals surface area (Å²) in [6, 6.07) is 6.38. The van der Waals surface area contributed by atoms with Crippen molar-refractivity contribution in [2.24, 2.45) is 0 Å². The Morgan fingerprint density at radius 2 is 1.86 bits per heavy atom. The van der Waals surface area contributed by atoms with Crippen molar-refractivity contribution in [2.45, 2.75) is 44.8 Å². The van der Waals surface area contributed by atoms with Crippen LogP contribution < -0.4 is 20.7 Å². The van der Waals surface area contributed by atoms with Crippen LogP contribution in [0.25, 0.3) is 11.2 Å². The number of amides is 3. The van der Waals surface area contributed by atoms with Gasteiger partial charge in [0.1, 0.15) is 24.3 Å². The van der Waals surface area contributed by atoms with E-state index in [-0.39, 0.29) is 17.0 Å². The first-order valence-corrected chi connectivity index (χ1v) is 11.2. The van der Waals surface area contributed by atoms with Gasteiger partial charge in [0.15, 0.2) is 29.3 Å². The summed E-state index contributed by atoms with van der Waals surface area (Å²) in [7, 11) is 0. The molecule has 3 aromatic rings. The Balaban J connectivity index is 1.48. The van der Waals surface area contributed by atoms with Crippen LogP contribution in [0, 0.1) is 0 Å². The quantitative estimate of drug-likeness (QED) is 0.312. The molecule has 4 unspecified atom stereocenters. The first-order valence-electron chi connectivity index (χ1n) is 11.2. The molecule has 1 aliphatic heterocycles. The van der Waals surface area contributed by atoms with Gasteiger partial charge in [-0.05, 0) is 37.6 Å². The molecule has 1 saturated heterocycles. The van der Waals surface area contributed by atoms with Crippen molar-refractivity contribution < 1.29 is 29.3 Å². The maximum absolute atomic E-state index is 12.5. The summed E-state index contributed by atoms with van der Waals surface area (Å²) >= 11 is 0. The molecule has 3 heterocycles. The van der Waals surface area contributed by atoms with Crippen LogP contribution in [0.2, 0.25) is 0 Å². The maximum Gasteiger partial charge on any atom is 0.324 e. The zero-order chi connectivity index (χ0) is 24.9. The number of nitrogens with zero attached hydrogens (tertiary/aromatic N) is 4. The van der Waals surface area contributed by atoms with Crippen molar-refractivity contribution in [3.63, 3.8) is 0 Å². The van der Waals surface area contributed by atoms with Gasteiger partial charge in [0.2, 0.25) is 0 Å². The molecule has 4 rings (SSSR count). The van der Waals surface area contributed by atoms with E-state index in [1.807, 2.05) is 6.92 Å². The Bertz CT molecular complexity index is 1180. The Morgan fingerprint density at radius 3 is 2.57 bits per heavy atom. The Morgan fingerprint density at radius 1 is 1.09 bits per heavy atom. The standard InChI is InChI=1S/C22H27N7O6/c1-3-9-34-13-7-5-12(6-8-13)27-22(33)28-18-14-19(25-10-24-18)29(11-26-14)21-16(31)15(30)17(35-21)20(32)23-4-2/h5-8,10-11,15-17,21,30-31H,3-4,9H2,1-2H3,(H,23,32)(H2,24,25,27,28,33). The molecule has 13 nitrogen and oxygen atoms in total. The van der Waals surface area contributed by atoms with Gasteiger partial charge in [-0.15, -0.1) is 0 Å². The summed E-state index contributed by atoms with van der Waals surface area (Å²) < 4.78 is 12.5. The van der Waals surface area contributed by atoms with E-state index in [1.165, 1.54) is 17.2 Å². The molecule has 0 saturated carbocycles. The molecule has 13 heteroatoms. The van der Waals surface area contributed by atoms with Crippen molar-refractivity contribution in [3.8, 4) is 5.75 Å². The molecule has 3 amide bonds. The van der Waals surface area contributed by atoms with Crippen molar-refractivity contribution in [1.82, 2.24) is 24.8 Å². The molecule has 1 aromatic carbocycles. The van der Waals surface area contributed by atoms with E-state index in [0.29, 0.717) is 24.6 Å². The maximum atomic E-state index is 12.5. The summed E-state index contributed by atoms with van der Waals surface area (Å²) in [5, 5.41) is 28.7. The Kier molecular flexibility index (Phi) is 7.39. The zero-order valence-corrected chi connectivity index (χ0v) is 19.2. The lowest BCUT2D eigenvalue weighted by atomic mass is 10.1. The van der Waals surface area contributed by atoms with Crippen molar-refractivity contribution in [3.05, 3.63) is 36.9 Å². The lowest BCUT2D eigenvalue weighted by molar-refractivity contribution is -0.137. The summed E-state index contributed by atoms with van der Waals surface area (Å²) in [4.78, 5) is 37.2. The average molecular weight is 486 g/mol. The third kappa shape index (κ3) is 5.16. The minimum atomic E-state index is -1.44. The number of hydrogen-bond acceptors (Lipinski definition) is 9. The molecule has 0 bridgehead atoms. The number of ether oxygens (including phenoxy) is 2. The van der Waals surface area contributed by atoms with Gasteiger partial charge >= 0.3 is 6.03 Å². The minimum absolute atomic E-state index is 0.127. The van der Waals surface area contributed by atoms with Crippen LogP contribution in [-0.4, -0.2) is 73.1 Å². The zero-order valence-electron chi connectivity index (χ0n) is 19.2. The highest BCUT2D eigenvalue weighted by Crippen LogP contribution is 2.32. The number of rotatable bonds is 8. The van der Waals surface area contributed by atoms with Gasteiger partial charge in [-0.25, -0.2) is 19.7 Å². The Labute approximate surface area is 200 Å². The summed E-state index contributed by atoms with van der Waals surface area (Å²) in [5.74, 6) is 0.295. The number of aliphatic hydroxyl groups excluding tert-OH is 2. The molecule has 1 aliphatic rings. The normalized spacial score (nSPS) is 21.6. The number of nitrogens with one attached hydrogen (secondary N) is 3. The fourth-order valence-corrected chi connectivity index (χ4v) is 3.63. The number of benzene rings is 1. The number of urea groups is 1. The number of anilines is 2. The van der Waals surface area contributed by atoms with Gasteiger partial charge in [0, 0.05) is 12.2 Å². The fourth-order valence-electron chi connectivity index (χ4n) is 3.63. The predicted octanol–water partition coefficient (Wildman–Crippen LogP) is 1.01. The second kappa shape index (κ2) is 10.6. The number of carbonyl (C=O) groups is 2. The molecular formula is C22H27N7O6. The van der Waals surface area contributed by atoms with Gasteiger partial charge in [-0.1, -0.05) is 6.92 Å². The van der Waals surface area contributed by atoms with Crippen LogP contribution in [0.3, 0.4) is 0 Å². The van der Waals surface area contributed by atoms with Crippen LogP contribution in [0.5, 0.6) is 5.75 Å². The van der Waals surface area contributed by atoms with Crippen LogP contribution in [-0.2, 0) is 9.53 Å². The third-order valence-corrected chi connectivity index (χ3v) is 5.30. The molecule has 186 valence electrons. The lowest BCUT2D eigenvalue weighted by Gasteiger charge is -2.16. The van der Waals surface area contributed by atoms with Gasteiger partial charge in [0.05, 0.1) is 12.9 Å². The molecular weight excluding hydrogens is 458 g/mol. The molecule has 5 N–H and O–H groups in total. The largest absolute Gasteiger partial charge is 0.494 e. The van der Waals surface area contributed by atoms with E-state index >= 15 is 0 Å². The average Bonchev–Trinajstić information content (AvgIpc) is 3.40. The number of aromatic nitrogens is 4. The van der Waals surface area contributed by atoms with Crippen molar-refractivity contribution in [2.75, 3.05) is 23.8 Å². The topological polar surface area (TPSA) is 173 Å². The number of aliphatic hydroxyl groups is 2. The van der Waals surface area contributed by atoms with E-state index in [1.54, 1.807) is 31.2 Å². The Hall–Kier alpha value is -3.81. The second-order valence-electron chi connectivity index (χ2n) is 7.82. The van der Waals surface area contributed by atoms with E-state index in [0.717, 1.165) is 6.42 Å². The number of fused-ring (bicyclic) bond motifs is 1. The van der Waals surface area contributed by atoms with Crippen LogP contribution in [0.1, 0.15) is 26.5 Å². The SMILES string of the molecule is CCCOc1ccc(NC(=O)Nc2ncnc3c2ncn3C2OC(C(=O)NCC)C(O)C2O)cc1. The monoisotopic (exact) mass is 485 g/mol. The number of hydrogen-bond donors (Lipinski definition) is 5. The summed E-state index contributed by atoms with van der Waals surface area (Å²) in [6.07, 6.45) is -1.77. The van der Waals surface area contributed by atoms with Crippen LogP contribution in [0.15, 0.2) is 36.9 Å². The highest BCUT2D eigenvalue weighted by Gasteiger charge is 2.47. The fraction of sp³-hybridized carbons (Fsp3) is 0.409. The second-order valence-corrected chi connectivity index (χ2v) is 7.82. The number of carbonyl (C=O) groups excluding carboxylic acids is 2. The molecule has 35 heavy (non-hydrogen) atoms. The highest BCUT2D eigenvalue weighted by molar-refractivity contribution is 6.02. The van der Waals surface area contributed by atoms with Gasteiger partial charge in [-0.2, -0.15) is 0 Å². The van der Waals surface area contributed by atoms with E-state index in [9.17, 15) is 19.8 Å². The summed E-state index contributed by atoms with van der Waals surface area (Å²) in [5.41, 5.74) is 1.02. The molecule has 4 atom stereocenters. The first kappa shape index (κ1) is 24.3. The molecule has 2 aromatic heterocycles. The van der Waals surface area contributed by atoms with Gasteiger partial charge in [0.25, 0.3) is 5.91 Å². The van der Waals surface area contributed by atoms with Crippen molar-refractivity contribution >= 4 is 34.6 Å². The highest BCUT2D eigenvalue weighted by atomic mass is 16.6. The molecule has 0 aliphatic carbocycles. The van der Waals surface area contributed by atoms with Gasteiger partial charge < -0.3 is 30.3 Å². The third-order valence-electron chi connectivity index (χ3n) is 5.30. The molecule has 0 radical (unpaired) electrons. The van der Waals surface area contributed by atoms with E-state index in [4.69, 9.17) is 9.47 Å². The van der Waals surface area contributed by atoms with E-state index in [2.05, 4.69) is 30.9 Å². The number of imidazole rings is 1. The van der Waals surface area contributed by atoms with Gasteiger partial charge in [-0.3, -0.25) is 14.7 Å². The predicted molar refractivity (Wildman–Crippen MR) is 125 cm³/mol. The van der Waals surface area contributed by atoms with E-state index < -0.39 is 36.5 Å². The minimum Gasteiger partial charge on any atom is -0.494 e.